The molecule has 0 saturated carbocycles. The zero-order chi connectivity index (χ0) is 13.7. The van der Waals surface area contributed by atoms with Gasteiger partial charge in [-0.25, -0.2) is 10.8 Å². The molecule has 0 aliphatic rings. The number of nitriles is 1. The summed E-state index contributed by atoms with van der Waals surface area (Å²) in [6.45, 7) is 0. The number of hydrogen-bond acceptors (Lipinski definition) is 5. The lowest BCUT2D eigenvalue weighted by Gasteiger charge is -2.06. The van der Waals surface area contributed by atoms with E-state index in [1.165, 1.54) is 6.20 Å². The summed E-state index contributed by atoms with van der Waals surface area (Å²) in [5.41, 5.74) is 3.96. The number of carbonyl (C=O) groups is 1. The Morgan fingerprint density at radius 2 is 2.00 bits per heavy atom. The number of nitrogens with zero attached hydrogens (tertiary/aromatic N) is 2. The number of benzene rings is 1. The van der Waals surface area contributed by atoms with Crippen molar-refractivity contribution < 1.29 is 4.79 Å². The van der Waals surface area contributed by atoms with Gasteiger partial charge in [-0.2, -0.15) is 5.26 Å². The normalized spacial score (nSPS) is 9.47. The average Bonchev–Trinajstić information content (AvgIpc) is 2.48. The van der Waals surface area contributed by atoms with Gasteiger partial charge in [0.25, 0.3) is 5.91 Å². The number of carbonyl (C=O) groups excluding carboxylic acids is 1. The van der Waals surface area contributed by atoms with E-state index in [9.17, 15) is 4.79 Å². The summed E-state index contributed by atoms with van der Waals surface area (Å²) in [5, 5.41) is 11.4. The standard InChI is InChI=1S/C13H11N5O/c14-8-9-1-3-11(4-2-9)17-13(19)10-5-6-16-12(7-10)18-15/h1-7H,15H2,(H,16,18)(H,17,19). The van der Waals surface area contributed by atoms with Crippen LogP contribution in [0.25, 0.3) is 0 Å². The van der Waals surface area contributed by atoms with Crippen molar-refractivity contribution in [3.05, 3.63) is 53.7 Å². The van der Waals surface area contributed by atoms with Gasteiger partial charge in [-0.3, -0.25) is 4.79 Å². The van der Waals surface area contributed by atoms with Crippen molar-refractivity contribution in [3.63, 3.8) is 0 Å². The summed E-state index contributed by atoms with van der Waals surface area (Å²) in [5.74, 6) is 5.36. The molecule has 6 heteroatoms. The van der Waals surface area contributed by atoms with E-state index in [-0.39, 0.29) is 5.91 Å². The summed E-state index contributed by atoms with van der Waals surface area (Å²) < 4.78 is 0. The van der Waals surface area contributed by atoms with Crippen LogP contribution in [0.1, 0.15) is 15.9 Å². The predicted octanol–water partition coefficient (Wildman–Crippen LogP) is 1.49. The number of hydrogen-bond donors (Lipinski definition) is 3. The van der Waals surface area contributed by atoms with Crippen molar-refractivity contribution in [2.24, 2.45) is 5.84 Å². The molecule has 0 bridgehead atoms. The van der Waals surface area contributed by atoms with E-state index in [4.69, 9.17) is 11.1 Å². The molecule has 6 nitrogen and oxygen atoms in total. The molecule has 2 rings (SSSR count). The molecule has 0 aliphatic carbocycles. The van der Waals surface area contributed by atoms with E-state index in [0.717, 1.165) is 0 Å². The second-order valence-corrected chi connectivity index (χ2v) is 3.72. The molecule has 94 valence electrons. The highest BCUT2D eigenvalue weighted by Crippen LogP contribution is 2.12. The minimum absolute atomic E-state index is 0.274. The third kappa shape index (κ3) is 3.06. The number of anilines is 2. The summed E-state index contributed by atoms with van der Waals surface area (Å²) in [4.78, 5) is 15.9. The zero-order valence-corrected chi connectivity index (χ0v) is 9.92. The number of rotatable bonds is 3. The van der Waals surface area contributed by atoms with Gasteiger partial charge in [0.15, 0.2) is 0 Å². The molecule has 1 aromatic carbocycles. The number of aromatic nitrogens is 1. The fourth-order valence-corrected chi connectivity index (χ4v) is 1.48. The minimum atomic E-state index is -0.274. The van der Waals surface area contributed by atoms with E-state index < -0.39 is 0 Å². The smallest absolute Gasteiger partial charge is 0.255 e. The monoisotopic (exact) mass is 253 g/mol. The Morgan fingerprint density at radius 3 is 2.63 bits per heavy atom. The van der Waals surface area contributed by atoms with Gasteiger partial charge >= 0.3 is 0 Å². The SMILES string of the molecule is N#Cc1ccc(NC(=O)c2ccnc(NN)c2)cc1. The summed E-state index contributed by atoms with van der Waals surface area (Å²) in [7, 11) is 0. The number of nitrogens with two attached hydrogens (primary N) is 1. The van der Waals surface area contributed by atoms with Crippen LogP contribution in [0.2, 0.25) is 0 Å². The fraction of sp³-hybridized carbons (Fsp3) is 0. The van der Waals surface area contributed by atoms with Gasteiger partial charge in [0.1, 0.15) is 5.82 Å². The van der Waals surface area contributed by atoms with Crippen LogP contribution in [0.15, 0.2) is 42.6 Å². The number of nitrogen functional groups attached to an aromatic ring is 1. The number of amides is 1. The Morgan fingerprint density at radius 1 is 1.26 bits per heavy atom. The molecule has 0 radical (unpaired) electrons. The van der Waals surface area contributed by atoms with Crippen LogP contribution in [-0.2, 0) is 0 Å². The largest absolute Gasteiger partial charge is 0.322 e. The number of pyridine rings is 1. The maximum Gasteiger partial charge on any atom is 0.255 e. The lowest BCUT2D eigenvalue weighted by atomic mass is 10.2. The summed E-state index contributed by atoms with van der Waals surface area (Å²) in [6.07, 6.45) is 1.49. The Hall–Kier alpha value is -2.91. The molecule has 0 fully saturated rings. The number of nitrogens with one attached hydrogen (secondary N) is 2. The van der Waals surface area contributed by atoms with Gasteiger partial charge in [-0.15, -0.1) is 0 Å². The van der Waals surface area contributed by atoms with Crippen LogP contribution in [0, 0.1) is 11.3 Å². The minimum Gasteiger partial charge on any atom is -0.322 e. The zero-order valence-electron chi connectivity index (χ0n) is 9.92. The first-order valence-corrected chi connectivity index (χ1v) is 5.47. The lowest BCUT2D eigenvalue weighted by Crippen LogP contribution is -2.14. The summed E-state index contributed by atoms with van der Waals surface area (Å²) >= 11 is 0. The second-order valence-electron chi connectivity index (χ2n) is 3.72. The molecule has 1 amide bonds. The fourth-order valence-electron chi connectivity index (χ4n) is 1.48. The van der Waals surface area contributed by atoms with E-state index in [1.807, 2.05) is 6.07 Å². The van der Waals surface area contributed by atoms with E-state index in [1.54, 1.807) is 36.4 Å². The highest BCUT2D eigenvalue weighted by Gasteiger charge is 2.07. The van der Waals surface area contributed by atoms with Crippen LogP contribution in [-0.4, -0.2) is 10.9 Å². The Labute approximate surface area is 109 Å². The molecule has 19 heavy (non-hydrogen) atoms. The van der Waals surface area contributed by atoms with Gasteiger partial charge in [0.2, 0.25) is 0 Å². The van der Waals surface area contributed by atoms with Gasteiger partial charge < -0.3 is 10.7 Å². The van der Waals surface area contributed by atoms with Crippen molar-refractivity contribution in [1.82, 2.24) is 4.98 Å². The van der Waals surface area contributed by atoms with Crippen molar-refractivity contribution in [3.8, 4) is 6.07 Å². The number of hydrazine groups is 1. The molecular weight excluding hydrogens is 242 g/mol. The molecule has 0 spiro atoms. The van der Waals surface area contributed by atoms with E-state index in [0.29, 0.717) is 22.6 Å². The molecule has 0 atom stereocenters. The van der Waals surface area contributed by atoms with Gasteiger partial charge in [-0.1, -0.05) is 0 Å². The Bertz CT molecular complexity index is 630. The Kier molecular flexibility index (Phi) is 3.71. The maximum absolute atomic E-state index is 12.0. The molecule has 1 heterocycles. The van der Waals surface area contributed by atoms with Gasteiger partial charge in [-0.05, 0) is 36.4 Å². The van der Waals surface area contributed by atoms with E-state index >= 15 is 0 Å². The highest BCUT2D eigenvalue weighted by atomic mass is 16.1. The van der Waals surface area contributed by atoms with Crippen LogP contribution in [0.4, 0.5) is 11.5 Å². The average molecular weight is 253 g/mol. The first-order chi connectivity index (χ1) is 9.22. The molecule has 2 aromatic rings. The van der Waals surface area contributed by atoms with E-state index in [2.05, 4.69) is 15.7 Å². The van der Waals surface area contributed by atoms with Crippen molar-refractivity contribution in [2.75, 3.05) is 10.7 Å². The van der Waals surface area contributed by atoms with Crippen LogP contribution in [0.3, 0.4) is 0 Å². The quantitative estimate of drug-likeness (QED) is 0.568. The second kappa shape index (κ2) is 5.62. The van der Waals surface area contributed by atoms with Crippen molar-refractivity contribution >= 4 is 17.4 Å². The first-order valence-electron chi connectivity index (χ1n) is 5.47. The molecule has 0 unspecified atom stereocenters. The highest BCUT2D eigenvalue weighted by molar-refractivity contribution is 6.04. The maximum atomic E-state index is 12.0. The van der Waals surface area contributed by atoms with Crippen molar-refractivity contribution in [1.29, 1.82) is 5.26 Å². The topological polar surface area (TPSA) is 104 Å². The van der Waals surface area contributed by atoms with Crippen LogP contribution in [0.5, 0.6) is 0 Å². The van der Waals surface area contributed by atoms with Crippen LogP contribution < -0.4 is 16.6 Å². The summed E-state index contributed by atoms with van der Waals surface area (Å²) in [6, 6.07) is 11.7. The van der Waals surface area contributed by atoms with Crippen molar-refractivity contribution in [2.45, 2.75) is 0 Å². The van der Waals surface area contributed by atoms with Gasteiger partial charge in [0.05, 0.1) is 11.6 Å². The molecule has 4 N–H and O–H groups in total. The van der Waals surface area contributed by atoms with Crippen LogP contribution >= 0.6 is 0 Å². The third-order valence-corrected chi connectivity index (χ3v) is 2.44. The molecule has 0 aliphatic heterocycles. The lowest BCUT2D eigenvalue weighted by molar-refractivity contribution is 0.102. The molecular formula is C13H11N5O. The molecule has 0 saturated heterocycles. The predicted molar refractivity (Wildman–Crippen MR) is 71.2 cm³/mol. The van der Waals surface area contributed by atoms with Gasteiger partial charge in [0, 0.05) is 17.4 Å². The third-order valence-electron chi connectivity index (χ3n) is 2.44. The Balaban J connectivity index is 2.13. The molecule has 1 aromatic heterocycles. The first kappa shape index (κ1) is 12.5.